The Balaban J connectivity index is 2.12. The molecule has 0 spiro atoms. The highest BCUT2D eigenvalue weighted by atomic mass is 35.5. The fraction of sp³-hybridized carbons (Fsp3) is 0.188. The Hall–Kier alpha value is -1.42. The first-order chi connectivity index (χ1) is 10.5. The molecule has 1 atom stereocenters. The van der Waals surface area contributed by atoms with Crippen LogP contribution in [0.5, 0.6) is 5.75 Å². The topological polar surface area (TPSA) is 38.3 Å². The first kappa shape index (κ1) is 16.9. The number of halogens is 3. The van der Waals surface area contributed by atoms with Crippen molar-refractivity contribution in [2.75, 3.05) is 5.32 Å². The molecule has 0 bridgehead atoms. The fourth-order valence-electron chi connectivity index (χ4n) is 1.85. The van der Waals surface area contributed by atoms with E-state index in [-0.39, 0.29) is 5.91 Å². The van der Waals surface area contributed by atoms with E-state index in [9.17, 15) is 4.79 Å². The Bertz CT molecular complexity index is 656. The monoisotopic (exact) mass is 357 g/mol. The Kier molecular flexibility index (Phi) is 5.95. The van der Waals surface area contributed by atoms with Crippen molar-refractivity contribution in [2.24, 2.45) is 0 Å². The van der Waals surface area contributed by atoms with Crippen molar-refractivity contribution in [3.63, 3.8) is 0 Å². The number of carbonyl (C=O) groups excluding carboxylic acids is 1. The second-order valence-corrected chi connectivity index (χ2v) is 5.81. The highest BCUT2D eigenvalue weighted by Crippen LogP contribution is 2.30. The predicted molar refractivity (Wildman–Crippen MR) is 91.3 cm³/mol. The maximum absolute atomic E-state index is 12.4. The van der Waals surface area contributed by atoms with Crippen molar-refractivity contribution in [1.82, 2.24) is 0 Å². The van der Waals surface area contributed by atoms with Gasteiger partial charge in [0.2, 0.25) is 0 Å². The van der Waals surface area contributed by atoms with Gasteiger partial charge in [-0.15, -0.1) is 0 Å². The lowest BCUT2D eigenvalue weighted by Gasteiger charge is -2.18. The zero-order valence-electron chi connectivity index (χ0n) is 11.8. The molecular formula is C16H14Cl3NO2. The van der Waals surface area contributed by atoms with E-state index >= 15 is 0 Å². The predicted octanol–water partition coefficient (Wildman–Crippen LogP) is 5.44. The molecule has 116 valence electrons. The normalized spacial score (nSPS) is 11.8. The summed E-state index contributed by atoms with van der Waals surface area (Å²) in [5.74, 6) is 0.206. The fourth-order valence-corrected chi connectivity index (χ4v) is 2.52. The zero-order chi connectivity index (χ0) is 16.1. The first-order valence-electron chi connectivity index (χ1n) is 6.68. The molecule has 0 aliphatic heterocycles. The summed E-state index contributed by atoms with van der Waals surface area (Å²) in [7, 11) is 0. The number of nitrogens with one attached hydrogen (secondary N) is 1. The third kappa shape index (κ3) is 4.29. The van der Waals surface area contributed by atoms with Crippen molar-refractivity contribution in [3.05, 3.63) is 57.5 Å². The number of hydrogen-bond donors (Lipinski definition) is 1. The Morgan fingerprint density at radius 2 is 1.77 bits per heavy atom. The standard InChI is InChI=1S/C16H14Cl3NO2/c1-2-14(22-11-6-3-5-10(17)9-11)16(21)20-15-12(18)7-4-8-13(15)19/h3-9,14H,2H2,1H3,(H,20,21). The van der Waals surface area contributed by atoms with E-state index in [0.717, 1.165) is 0 Å². The molecule has 1 unspecified atom stereocenters. The van der Waals surface area contributed by atoms with Gasteiger partial charge >= 0.3 is 0 Å². The number of rotatable bonds is 5. The molecular weight excluding hydrogens is 345 g/mol. The molecule has 0 aliphatic rings. The van der Waals surface area contributed by atoms with E-state index in [1.54, 1.807) is 42.5 Å². The largest absolute Gasteiger partial charge is 0.481 e. The molecule has 0 aliphatic carbocycles. The molecule has 0 saturated heterocycles. The number of carbonyl (C=O) groups is 1. The number of anilines is 1. The summed E-state index contributed by atoms with van der Waals surface area (Å²) in [6.45, 7) is 1.85. The lowest BCUT2D eigenvalue weighted by molar-refractivity contribution is -0.122. The maximum atomic E-state index is 12.4. The Morgan fingerprint density at radius 1 is 1.14 bits per heavy atom. The van der Waals surface area contributed by atoms with Crippen LogP contribution in [0, 0.1) is 0 Å². The van der Waals surface area contributed by atoms with Crippen LogP contribution in [-0.2, 0) is 4.79 Å². The zero-order valence-corrected chi connectivity index (χ0v) is 14.0. The molecule has 2 aromatic carbocycles. The number of ether oxygens (including phenoxy) is 1. The van der Waals surface area contributed by atoms with Crippen LogP contribution in [0.2, 0.25) is 15.1 Å². The van der Waals surface area contributed by atoms with E-state index in [2.05, 4.69) is 5.32 Å². The number of hydrogen-bond acceptors (Lipinski definition) is 2. The third-order valence-electron chi connectivity index (χ3n) is 2.95. The molecule has 0 radical (unpaired) electrons. The molecule has 2 rings (SSSR count). The van der Waals surface area contributed by atoms with Gasteiger partial charge in [0.05, 0.1) is 15.7 Å². The highest BCUT2D eigenvalue weighted by molar-refractivity contribution is 6.39. The van der Waals surface area contributed by atoms with Crippen molar-refractivity contribution in [1.29, 1.82) is 0 Å². The van der Waals surface area contributed by atoms with Crippen LogP contribution in [0.15, 0.2) is 42.5 Å². The average Bonchev–Trinajstić information content (AvgIpc) is 2.48. The van der Waals surface area contributed by atoms with Gasteiger partial charge in [-0.25, -0.2) is 0 Å². The van der Waals surface area contributed by atoms with Crippen LogP contribution in [0.3, 0.4) is 0 Å². The SMILES string of the molecule is CCC(Oc1cccc(Cl)c1)C(=O)Nc1c(Cl)cccc1Cl. The van der Waals surface area contributed by atoms with Gasteiger partial charge in [0.15, 0.2) is 6.10 Å². The van der Waals surface area contributed by atoms with Crippen LogP contribution < -0.4 is 10.1 Å². The third-order valence-corrected chi connectivity index (χ3v) is 3.81. The van der Waals surface area contributed by atoms with Gasteiger partial charge in [0.25, 0.3) is 5.91 Å². The summed E-state index contributed by atoms with van der Waals surface area (Å²) in [5, 5.41) is 3.99. The molecule has 0 saturated carbocycles. The summed E-state index contributed by atoms with van der Waals surface area (Å²) >= 11 is 18.0. The quantitative estimate of drug-likeness (QED) is 0.772. The van der Waals surface area contributed by atoms with Gasteiger partial charge in [-0.2, -0.15) is 0 Å². The molecule has 3 nitrogen and oxygen atoms in total. The minimum Gasteiger partial charge on any atom is -0.481 e. The van der Waals surface area contributed by atoms with Crippen molar-refractivity contribution < 1.29 is 9.53 Å². The molecule has 22 heavy (non-hydrogen) atoms. The van der Waals surface area contributed by atoms with Gasteiger partial charge in [-0.05, 0) is 36.8 Å². The molecule has 0 fully saturated rings. The van der Waals surface area contributed by atoms with E-state index < -0.39 is 6.10 Å². The second kappa shape index (κ2) is 7.73. The number of benzene rings is 2. The summed E-state index contributed by atoms with van der Waals surface area (Å²) in [6, 6.07) is 11.9. The van der Waals surface area contributed by atoms with Gasteiger partial charge in [-0.1, -0.05) is 53.9 Å². The van der Waals surface area contributed by atoms with E-state index in [1.807, 2.05) is 6.92 Å². The van der Waals surface area contributed by atoms with Gasteiger partial charge in [-0.3, -0.25) is 4.79 Å². The summed E-state index contributed by atoms with van der Waals surface area (Å²) in [4.78, 5) is 12.4. The minimum atomic E-state index is -0.675. The molecule has 1 N–H and O–H groups in total. The van der Waals surface area contributed by atoms with Crippen LogP contribution in [0.4, 0.5) is 5.69 Å². The van der Waals surface area contributed by atoms with Crippen molar-refractivity contribution >= 4 is 46.4 Å². The molecule has 6 heteroatoms. The maximum Gasteiger partial charge on any atom is 0.265 e. The van der Waals surface area contributed by atoms with E-state index in [4.69, 9.17) is 39.5 Å². The number of para-hydroxylation sites is 1. The van der Waals surface area contributed by atoms with Crippen molar-refractivity contribution in [2.45, 2.75) is 19.4 Å². The van der Waals surface area contributed by atoms with E-state index in [1.165, 1.54) is 0 Å². The lowest BCUT2D eigenvalue weighted by atomic mass is 10.2. The Morgan fingerprint density at radius 3 is 2.36 bits per heavy atom. The Labute approximate surface area is 144 Å². The van der Waals surface area contributed by atoms with Crippen LogP contribution >= 0.6 is 34.8 Å². The lowest BCUT2D eigenvalue weighted by Crippen LogP contribution is -2.32. The highest BCUT2D eigenvalue weighted by Gasteiger charge is 2.20. The van der Waals surface area contributed by atoms with Crippen LogP contribution in [0.25, 0.3) is 0 Å². The van der Waals surface area contributed by atoms with Gasteiger partial charge < -0.3 is 10.1 Å². The molecule has 1 amide bonds. The summed E-state index contributed by atoms with van der Waals surface area (Å²) in [5.41, 5.74) is 0.379. The van der Waals surface area contributed by atoms with Crippen molar-refractivity contribution in [3.8, 4) is 5.75 Å². The average molecular weight is 359 g/mol. The molecule has 0 aromatic heterocycles. The minimum absolute atomic E-state index is 0.322. The van der Waals surface area contributed by atoms with Gasteiger partial charge in [0, 0.05) is 5.02 Å². The molecule has 0 heterocycles. The smallest absolute Gasteiger partial charge is 0.265 e. The number of amides is 1. The first-order valence-corrected chi connectivity index (χ1v) is 7.81. The van der Waals surface area contributed by atoms with Crippen LogP contribution in [-0.4, -0.2) is 12.0 Å². The second-order valence-electron chi connectivity index (χ2n) is 4.56. The van der Waals surface area contributed by atoms with Gasteiger partial charge in [0.1, 0.15) is 5.75 Å². The van der Waals surface area contributed by atoms with Crippen LogP contribution in [0.1, 0.15) is 13.3 Å². The summed E-state index contributed by atoms with van der Waals surface area (Å²) in [6.07, 6.45) is -0.189. The molecule has 2 aromatic rings. The van der Waals surface area contributed by atoms with E-state index in [0.29, 0.717) is 32.9 Å². The summed E-state index contributed by atoms with van der Waals surface area (Å²) < 4.78 is 5.68.